The second-order valence-corrected chi connectivity index (χ2v) is 6.93. The molecule has 1 aromatic heterocycles. The van der Waals surface area contributed by atoms with Crippen LogP contribution >= 0.6 is 0 Å². The van der Waals surface area contributed by atoms with Crippen molar-refractivity contribution in [1.29, 1.82) is 0 Å². The first-order valence-electron chi connectivity index (χ1n) is 9.00. The van der Waals surface area contributed by atoms with Crippen molar-refractivity contribution in [3.8, 4) is 5.69 Å². The predicted octanol–water partition coefficient (Wildman–Crippen LogP) is 1.50. The number of nitrogens with zero attached hydrogens (tertiary/aromatic N) is 4. The van der Waals surface area contributed by atoms with E-state index in [2.05, 4.69) is 20.7 Å². The molecule has 3 rings (SSSR count). The Morgan fingerprint density at radius 1 is 1.26 bits per heavy atom. The number of anilines is 2. The number of amides is 3. The maximum atomic E-state index is 12.4. The molecule has 1 heterocycles. The summed E-state index contributed by atoms with van der Waals surface area (Å²) in [5.74, 6) is -0.0683. The molecule has 144 valence electrons. The summed E-state index contributed by atoms with van der Waals surface area (Å²) in [5.41, 5.74) is 6.87. The van der Waals surface area contributed by atoms with Gasteiger partial charge in [0, 0.05) is 25.8 Å². The molecule has 1 aromatic carbocycles. The lowest BCUT2D eigenvalue weighted by molar-refractivity contribution is -0.123. The van der Waals surface area contributed by atoms with Gasteiger partial charge < -0.3 is 21.3 Å². The number of rotatable bonds is 5. The summed E-state index contributed by atoms with van der Waals surface area (Å²) < 4.78 is 1.64. The van der Waals surface area contributed by atoms with E-state index in [9.17, 15) is 9.59 Å². The summed E-state index contributed by atoms with van der Waals surface area (Å²) in [6, 6.07) is 6.73. The Hall–Kier alpha value is -3.10. The van der Waals surface area contributed by atoms with Crippen LogP contribution in [0.1, 0.15) is 25.7 Å². The van der Waals surface area contributed by atoms with Gasteiger partial charge in [-0.3, -0.25) is 4.79 Å². The van der Waals surface area contributed by atoms with Crippen LogP contribution in [0.3, 0.4) is 0 Å². The van der Waals surface area contributed by atoms with Crippen molar-refractivity contribution in [1.82, 2.24) is 20.1 Å². The minimum atomic E-state index is -0.357. The average Bonchev–Trinajstić information content (AvgIpc) is 3.12. The first kappa shape index (κ1) is 18.7. The molecule has 9 nitrogen and oxygen atoms in total. The van der Waals surface area contributed by atoms with Gasteiger partial charge >= 0.3 is 6.03 Å². The fourth-order valence-corrected chi connectivity index (χ4v) is 3.29. The standard InChI is InChI=1S/C18H25N7O2/c1-24(2)17-20-11-25(23-17)13-7-5-6-12(10-13)21-18(27)22-15-9-4-3-8-14(15)16(19)26/h5-7,10-11,14-15H,3-4,8-9H2,1-2H3,(H2,19,26)(H2,21,22,27)/t14-,15+/m0/s1. The third kappa shape index (κ3) is 4.55. The number of aromatic nitrogens is 3. The zero-order valence-corrected chi connectivity index (χ0v) is 15.6. The fourth-order valence-electron chi connectivity index (χ4n) is 3.29. The third-order valence-corrected chi connectivity index (χ3v) is 4.70. The van der Waals surface area contributed by atoms with E-state index in [4.69, 9.17) is 5.73 Å². The van der Waals surface area contributed by atoms with Gasteiger partial charge in [-0.05, 0) is 31.0 Å². The summed E-state index contributed by atoms with van der Waals surface area (Å²) in [4.78, 5) is 30.0. The Kier molecular flexibility index (Phi) is 5.58. The number of urea groups is 1. The van der Waals surface area contributed by atoms with Gasteiger partial charge in [0.1, 0.15) is 6.33 Å². The van der Waals surface area contributed by atoms with Crippen molar-refractivity contribution in [3.63, 3.8) is 0 Å². The zero-order chi connectivity index (χ0) is 19.4. The Labute approximate surface area is 157 Å². The molecule has 0 radical (unpaired) electrons. The topological polar surface area (TPSA) is 118 Å². The molecule has 0 aliphatic heterocycles. The average molecular weight is 371 g/mol. The van der Waals surface area contributed by atoms with Gasteiger partial charge in [-0.2, -0.15) is 4.98 Å². The van der Waals surface area contributed by atoms with E-state index in [1.807, 2.05) is 31.1 Å². The van der Waals surface area contributed by atoms with Gasteiger partial charge in [0.05, 0.1) is 11.6 Å². The molecule has 1 fully saturated rings. The molecule has 0 bridgehead atoms. The second kappa shape index (κ2) is 8.07. The molecule has 0 saturated heterocycles. The number of primary amides is 1. The number of nitrogens with two attached hydrogens (primary N) is 1. The zero-order valence-electron chi connectivity index (χ0n) is 15.6. The van der Waals surface area contributed by atoms with Gasteiger partial charge in [-0.25, -0.2) is 9.48 Å². The largest absolute Gasteiger partial charge is 0.369 e. The van der Waals surface area contributed by atoms with Crippen molar-refractivity contribution in [3.05, 3.63) is 30.6 Å². The van der Waals surface area contributed by atoms with E-state index >= 15 is 0 Å². The number of hydrogen-bond donors (Lipinski definition) is 3. The quantitative estimate of drug-likeness (QED) is 0.736. The van der Waals surface area contributed by atoms with Gasteiger partial charge in [0.25, 0.3) is 0 Å². The smallest absolute Gasteiger partial charge is 0.319 e. The van der Waals surface area contributed by atoms with Crippen LogP contribution in [-0.4, -0.2) is 46.8 Å². The molecule has 3 amide bonds. The van der Waals surface area contributed by atoms with Crippen LogP contribution in [0, 0.1) is 5.92 Å². The van der Waals surface area contributed by atoms with Crippen LogP contribution in [-0.2, 0) is 4.79 Å². The van der Waals surface area contributed by atoms with E-state index in [-0.39, 0.29) is 23.9 Å². The number of hydrogen-bond acceptors (Lipinski definition) is 5. The van der Waals surface area contributed by atoms with Gasteiger partial charge in [0.15, 0.2) is 0 Å². The van der Waals surface area contributed by atoms with Gasteiger partial charge in [-0.1, -0.05) is 18.9 Å². The molecule has 2 atom stereocenters. The molecule has 2 aromatic rings. The van der Waals surface area contributed by atoms with Gasteiger partial charge in [-0.15, -0.1) is 5.10 Å². The van der Waals surface area contributed by atoms with Crippen molar-refractivity contribution in [2.45, 2.75) is 31.7 Å². The first-order chi connectivity index (χ1) is 12.9. The third-order valence-electron chi connectivity index (χ3n) is 4.70. The van der Waals surface area contributed by atoms with E-state index in [1.165, 1.54) is 0 Å². The monoisotopic (exact) mass is 371 g/mol. The van der Waals surface area contributed by atoms with Gasteiger partial charge in [0.2, 0.25) is 11.9 Å². The number of benzene rings is 1. The minimum absolute atomic E-state index is 0.225. The molecule has 1 aliphatic rings. The van der Waals surface area contributed by atoms with E-state index in [0.29, 0.717) is 11.6 Å². The molecule has 0 spiro atoms. The summed E-state index contributed by atoms with van der Waals surface area (Å²) >= 11 is 0. The number of nitrogens with one attached hydrogen (secondary N) is 2. The minimum Gasteiger partial charge on any atom is -0.369 e. The maximum absolute atomic E-state index is 12.4. The van der Waals surface area contributed by atoms with Crippen molar-refractivity contribution < 1.29 is 9.59 Å². The molecule has 27 heavy (non-hydrogen) atoms. The van der Waals surface area contributed by atoms with Crippen molar-refractivity contribution >= 4 is 23.6 Å². The first-order valence-corrected chi connectivity index (χ1v) is 9.00. The van der Waals surface area contributed by atoms with Crippen LogP contribution in [0.4, 0.5) is 16.4 Å². The molecular weight excluding hydrogens is 346 g/mol. The highest BCUT2D eigenvalue weighted by atomic mass is 16.2. The number of carbonyl (C=O) groups excluding carboxylic acids is 2. The molecule has 4 N–H and O–H groups in total. The lowest BCUT2D eigenvalue weighted by Gasteiger charge is -2.29. The summed E-state index contributed by atoms with van der Waals surface area (Å²) in [6.45, 7) is 0. The SMILES string of the molecule is CN(C)c1ncn(-c2cccc(NC(=O)N[C@@H]3CCCC[C@@H]3C(N)=O)c2)n1. The van der Waals surface area contributed by atoms with Crippen LogP contribution < -0.4 is 21.3 Å². The Balaban J connectivity index is 1.66. The second-order valence-electron chi connectivity index (χ2n) is 6.93. The Morgan fingerprint density at radius 3 is 2.74 bits per heavy atom. The molecule has 1 saturated carbocycles. The molecule has 9 heteroatoms. The van der Waals surface area contributed by atoms with Crippen LogP contribution in [0.15, 0.2) is 30.6 Å². The normalized spacial score (nSPS) is 19.3. The lowest BCUT2D eigenvalue weighted by atomic mass is 9.84. The highest BCUT2D eigenvalue weighted by molar-refractivity contribution is 5.90. The van der Waals surface area contributed by atoms with Crippen molar-refractivity contribution in [2.75, 3.05) is 24.3 Å². The Morgan fingerprint density at radius 2 is 2.04 bits per heavy atom. The van der Waals surface area contributed by atoms with E-state index in [1.54, 1.807) is 23.1 Å². The van der Waals surface area contributed by atoms with E-state index in [0.717, 1.165) is 31.4 Å². The van der Waals surface area contributed by atoms with Crippen LogP contribution in [0.25, 0.3) is 5.69 Å². The maximum Gasteiger partial charge on any atom is 0.319 e. The highest BCUT2D eigenvalue weighted by Gasteiger charge is 2.30. The lowest BCUT2D eigenvalue weighted by Crippen LogP contribution is -2.48. The highest BCUT2D eigenvalue weighted by Crippen LogP contribution is 2.24. The van der Waals surface area contributed by atoms with Crippen LogP contribution in [0.2, 0.25) is 0 Å². The summed E-state index contributed by atoms with van der Waals surface area (Å²) in [6.07, 6.45) is 5.03. The van der Waals surface area contributed by atoms with E-state index < -0.39 is 0 Å². The summed E-state index contributed by atoms with van der Waals surface area (Å²) in [7, 11) is 3.74. The number of carbonyl (C=O) groups is 2. The summed E-state index contributed by atoms with van der Waals surface area (Å²) in [5, 5.41) is 10.1. The predicted molar refractivity (Wildman–Crippen MR) is 103 cm³/mol. The molecular formula is C18H25N7O2. The molecule has 0 unspecified atom stereocenters. The Bertz CT molecular complexity index is 818. The molecule has 1 aliphatic carbocycles. The fraction of sp³-hybridized carbons (Fsp3) is 0.444. The van der Waals surface area contributed by atoms with Crippen LogP contribution in [0.5, 0.6) is 0 Å². The van der Waals surface area contributed by atoms with Crippen molar-refractivity contribution in [2.24, 2.45) is 11.7 Å².